The van der Waals surface area contributed by atoms with Crippen LogP contribution in [0.15, 0.2) is 18.2 Å². The summed E-state index contributed by atoms with van der Waals surface area (Å²) in [5.41, 5.74) is 2.02. The summed E-state index contributed by atoms with van der Waals surface area (Å²) in [6, 6.07) is 5.75. The predicted octanol–water partition coefficient (Wildman–Crippen LogP) is 2.21. The number of nitrogens with zero attached hydrogens (tertiary/aromatic N) is 1. The minimum Gasteiger partial charge on any atom is -0.468 e. The van der Waals surface area contributed by atoms with E-state index < -0.39 is 5.97 Å². The Morgan fingerprint density at radius 1 is 1.37 bits per heavy atom. The van der Waals surface area contributed by atoms with Gasteiger partial charge in [0.2, 0.25) is 5.91 Å². The second kappa shape index (κ2) is 7.14. The predicted molar refractivity (Wildman–Crippen MR) is 74.2 cm³/mol. The molecule has 0 spiro atoms. The number of hydrogen-bond donors (Lipinski definition) is 0. The monoisotopic (exact) mass is 283 g/mol. The maximum atomic E-state index is 11.8. The van der Waals surface area contributed by atoms with Crippen molar-refractivity contribution in [1.82, 2.24) is 4.90 Å². The van der Waals surface area contributed by atoms with Crippen LogP contribution >= 0.6 is 11.6 Å². The Hall–Kier alpha value is -1.55. The van der Waals surface area contributed by atoms with E-state index >= 15 is 0 Å². The number of methoxy groups -OCH3 is 1. The Labute approximate surface area is 118 Å². The van der Waals surface area contributed by atoms with Crippen LogP contribution in [0.1, 0.15) is 17.5 Å². The third-order valence-electron chi connectivity index (χ3n) is 2.88. The van der Waals surface area contributed by atoms with E-state index in [4.69, 9.17) is 11.6 Å². The lowest BCUT2D eigenvalue weighted by Gasteiger charge is -2.15. The van der Waals surface area contributed by atoms with Crippen LogP contribution in [0.4, 0.5) is 0 Å². The quantitative estimate of drug-likeness (QED) is 0.779. The zero-order valence-electron chi connectivity index (χ0n) is 11.4. The van der Waals surface area contributed by atoms with Gasteiger partial charge in [-0.1, -0.05) is 23.7 Å². The van der Waals surface area contributed by atoms with Crippen LogP contribution in [0.5, 0.6) is 0 Å². The topological polar surface area (TPSA) is 46.6 Å². The highest BCUT2D eigenvalue weighted by Crippen LogP contribution is 2.17. The molecule has 0 heterocycles. The molecule has 1 rings (SSSR count). The van der Waals surface area contributed by atoms with Gasteiger partial charge in [0.25, 0.3) is 0 Å². The number of benzene rings is 1. The number of carbonyl (C=O) groups is 2. The summed E-state index contributed by atoms with van der Waals surface area (Å²) < 4.78 is 4.51. The third-order valence-corrected chi connectivity index (χ3v) is 3.29. The molecule has 1 amide bonds. The largest absolute Gasteiger partial charge is 0.468 e. The van der Waals surface area contributed by atoms with Crippen molar-refractivity contribution < 1.29 is 14.3 Å². The molecule has 0 aliphatic carbocycles. The van der Waals surface area contributed by atoms with Crippen LogP contribution < -0.4 is 0 Å². The molecule has 0 aliphatic heterocycles. The van der Waals surface area contributed by atoms with Gasteiger partial charge in [0.15, 0.2) is 0 Å². The van der Waals surface area contributed by atoms with Crippen molar-refractivity contribution >= 4 is 23.5 Å². The smallest absolute Gasteiger partial charge is 0.325 e. The number of rotatable bonds is 5. The average Bonchev–Trinajstić information content (AvgIpc) is 2.39. The lowest BCUT2D eigenvalue weighted by Crippen LogP contribution is -2.32. The van der Waals surface area contributed by atoms with Crippen LogP contribution in [-0.2, 0) is 20.7 Å². The van der Waals surface area contributed by atoms with Crippen LogP contribution in [0.2, 0.25) is 5.02 Å². The minimum atomic E-state index is -0.422. The van der Waals surface area contributed by atoms with Crippen molar-refractivity contribution in [3.8, 4) is 0 Å². The van der Waals surface area contributed by atoms with Gasteiger partial charge in [0, 0.05) is 18.5 Å². The zero-order valence-corrected chi connectivity index (χ0v) is 12.2. The number of esters is 1. The fourth-order valence-electron chi connectivity index (χ4n) is 1.58. The van der Waals surface area contributed by atoms with Gasteiger partial charge < -0.3 is 9.64 Å². The summed E-state index contributed by atoms with van der Waals surface area (Å²) >= 11 is 6.02. The Bertz CT molecular complexity index is 474. The van der Waals surface area contributed by atoms with E-state index in [1.165, 1.54) is 12.0 Å². The molecule has 0 radical (unpaired) electrons. The van der Waals surface area contributed by atoms with Crippen molar-refractivity contribution in [2.24, 2.45) is 0 Å². The van der Waals surface area contributed by atoms with E-state index in [0.29, 0.717) is 17.9 Å². The van der Waals surface area contributed by atoms with Crippen LogP contribution in [0, 0.1) is 6.92 Å². The Kier molecular flexibility index (Phi) is 5.83. The Morgan fingerprint density at radius 2 is 2.05 bits per heavy atom. The summed E-state index contributed by atoms with van der Waals surface area (Å²) in [6.45, 7) is 1.91. The van der Waals surface area contributed by atoms with Gasteiger partial charge >= 0.3 is 5.97 Å². The maximum absolute atomic E-state index is 11.8. The normalized spacial score (nSPS) is 10.1. The number of halogens is 1. The van der Waals surface area contributed by atoms with Crippen LogP contribution in [0.3, 0.4) is 0 Å². The van der Waals surface area contributed by atoms with Crippen LogP contribution in [0.25, 0.3) is 0 Å². The van der Waals surface area contributed by atoms with Gasteiger partial charge in [0.1, 0.15) is 6.54 Å². The highest BCUT2D eigenvalue weighted by atomic mass is 35.5. The molecule has 0 atom stereocenters. The molecule has 0 aromatic heterocycles. The third kappa shape index (κ3) is 4.91. The first-order valence-electron chi connectivity index (χ1n) is 6.00. The SMILES string of the molecule is COC(=O)CN(C)C(=O)CCc1ccc(C)c(Cl)c1. The minimum absolute atomic E-state index is 0.0238. The summed E-state index contributed by atoms with van der Waals surface area (Å²) in [5, 5.41) is 0.702. The summed E-state index contributed by atoms with van der Waals surface area (Å²) in [6.07, 6.45) is 0.942. The summed E-state index contributed by atoms with van der Waals surface area (Å²) in [7, 11) is 2.89. The molecule has 0 bridgehead atoms. The highest BCUT2D eigenvalue weighted by molar-refractivity contribution is 6.31. The van der Waals surface area contributed by atoms with Gasteiger partial charge in [-0.3, -0.25) is 9.59 Å². The Balaban J connectivity index is 2.49. The van der Waals surface area contributed by atoms with E-state index in [9.17, 15) is 9.59 Å². The van der Waals surface area contributed by atoms with E-state index in [1.807, 2.05) is 25.1 Å². The molecule has 0 saturated heterocycles. The molecule has 0 aliphatic rings. The second-order valence-electron chi connectivity index (χ2n) is 4.41. The molecule has 1 aromatic carbocycles. The number of carbonyl (C=O) groups excluding carboxylic acids is 2. The van der Waals surface area contributed by atoms with Gasteiger partial charge in [-0.2, -0.15) is 0 Å². The van der Waals surface area contributed by atoms with Crippen molar-refractivity contribution in [3.63, 3.8) is 0 Å². The number of hydrogen-bond acceptors (Lipinski definition) is 3. The fraction of sp³-hybridized carbons (Fsp3) is 0.429. The number of ether oxygens (including phenoxy) is 1. The lowest BCUT2D eigenvalue weighted by atomic mass is 10.1. The molecule has 5 heteroatoms. The van der Waals surface area contributed by atoms with E-state index in [0.717, 1.165) is 11.1 Å². The van der Waals surface area contributed by atoms with Gasteiger partial charge in [-0.15, -0.1) is 0 Å². The molecule has 0 saturated carbocycles. The molecule has 0 unspecified atom stereocenters. The number of aryl methyl sites for hydroxylation is 2. The number of likely N-dealkylation sites (N-methyl/N-ethyl adjacent to an activating group) is 1. The molecular weight excluding hydrogens is 266 g/mol. The molecule has 0 fully saturated rings. The molecule has 104 valence electrons. The molecule has 0 N–H and O–H groups in total. The van der Waals surface area contributed by atoms with Gasteiger partial charge in [-0.05, 0) is 30.5 Å². The fourth-order valence-corrected chi connectivity index (χ4v) is 1.78. The second-order valence-corrected chi connectivity index (χ2v) is 4.82. The van der Waals surface area contributed by atoms with Crippen molar-refractivity contribution in [3.05, 3.63) is 34.3 Å². The first kappa shape index (κ1) is 15.5. The molecule has 4 nitrogen and oxygen atoms in total. The Morgan fingerprint density at radius 3 is 2.63 bits per heavy atom. The first-order chi connectivity index (χ1) is 8.93. The van der Waals surface area contributed by atoms with Gasteiger partial charge in [-0.25, -0.2) is 0 Å². The first-order valence-corrected chi connectivity index (χ1v) is 6.37. The zero-order chi connectivity index (χ0) is 14.4. The molecular formula is C14H18ClNO3. The summed E-state index contributed by atoms with van der Waals surface area (Å²) in [4.78, 5) is 24.2. The van der Waals surface area contributed by atoms with Crippen molar-refractivity contribution in [2.75, 3.05) is 20.7 Å². The van der Waals surface area contributed by atoms with E-state index in [1.54, 1.807) is 7.05 Å². The van der Waals surface area contributed by atoms with E-state index in [2.05, 4.69) is 4.74 Å². The van der Waals surface area contributed by atoms with Crippen molar-refractivity contribution in [2.45, 2.75) is 19.8 Å². The number of amides is 1. The maximum Gasteiger partial charge on any atom is 0.325 e. The van der Waals surface area contributed by atoms with Gasteiger partial charge in [0.05, 0.1) is 7.11 Å². The summed E-state index contributed by atoms with van der Waals surface area (Å²) in [5.74, 6) is -0.517. The van der Waals surface area contributed by atoms with Crippen LogP contribution in [-0.4, -0.2) is 37.5 Å². The standard InChI is InChI=1S/C14H18ClNO3/c1-10-4-5-11(8-12(10)15)6-7-13(17)16(2)9-14(18)19-3/h4-5,8H,6-7,9H2,1-3H3. The molecule has 19 heavy (non-hydrogen) atoms. The molecule has 1 aromatic rings. The lowest BCUT2D eigenvalue weighted by molar-refractivity contribution is -0.146. The van der Waals surface area contributed by atoms with E-state index in [-0.39, 0.29) is 12.5 Å². The highest BCUT2D eigenvalue weighted by Gasteiger charge is 2.13. The average molecular weight is 284 g/mol. The van der Waals surface area contributed by atoms with Crippen molar-refractivity contribution in [1.29, 1.82) is 0 Å².